The molecule has 0 unspecified atom stereocenters. The molecule has 4 heteroatoms. The van der Waals surface area contributed by atoms with E-state index in [4.69, 9.17) is 46.4 Å². The third-order valence-electron chi connectivity index (χ3n) is 2.76. The van der Waals surface area contributed by atoms with Crippen molar-refractivity contribution in [2.45, 2.75) is 52.4 Å². The van der Waals surface area contributed by atoms with Crippen molar-refractivity contribution in [2.24, 2.45) is 0 Å². The lowest BCUT2D eigenvalue weighted by atomic mass is 9.82. The van der Waals surface area contributed by atoms with E-state index in [0.29, 0.717) is 20.1 Å². The SMILES string of the molecule is CC(C)(C)c1c(Cl)c(Cl)c(C(C)(C)C)c(Cl)c1Cl. The number of hydrogen-bond donors (Lipinski definition) is 0. The highest BCUT2D eigenvalue weighted by molar-refractivity contribution is 6.49. The molecular weight excluding hydrogens is 310 g/mol. The highest BCUT2D eigenvalue weighted by atomic mass is 35.5. The summed E-state index contributed by atoms with van der Waals surface area (Å²) in [7, 11) is 0. The van der Waals surface area contributed by atoms with Crippen LogP contribution in [0.1, 0.15) is 52.7 Å². The minimum atomic E-state index is -0.210. The Bertz CT molecular complexity index is 402. The number of hydrogen-bond acceptors (Lipinski definition) is 0. The van der Waals surface area contributed by atoms with Crippen LogP contribution in [-0.2, 0) is 10.8 Å². The molecule has 0 aliphatic rings. The molecule has 0 bridgehead atoms. The van der Waals surface area contributed by atoms with Gasteiger partial charge in [-0.2, -0.15) is 0 Å². The van der Waals surface area contributed by atoms with Gasteiger partial charge in [-0.05, 0) is 22.0 Å². The highest BCUT2D eigenvalue weighted by Gasteiger charge is 2.31. The van der Waals surface area contributed by atoms with Gasteiger partial charge in [-0.1, -0.05) is 87.9 Å². The Hall–Kier alpha value is 0.380. The summed E-state index contributed by atoms with van der Waals surface area (Å²) in [5.41, 5.74) is 1.18. The summed E-state index contributed by atoms with van der Waals surface area (Å²) in [5.74, 6) is 0. The largest absolute Gasteiger partial charge is 0.0823 e. The Morgan fingerprint density at radius 2 is 0.667 bits per heavy atom. The lowest BCUT2D eigenvalue weighted by Gasteiger charge is -2.29. The zero-order valence-corrected chi connectivity index (χ0v) is 14.5. The third kappa shape index (κ3) is 2.93. The van der Waals surface area contributed by atoms with Gasteiger partial charge in [0.25, 0.3) is 0 Å². The summed E-state index contributed by atoms with van der Waals surface area (Å²) in [6, 6.07) is 0. The van der Waals surface area contributed by atoms with Gasteiger partial charge in [0, 0.05) is 0 Å². The van der Waals surface area contributed by atoms with Crippen molar-refractivity contribution in [1.82, 2.24) is 0 Å². The summed E-state index contributed by atoms with van der Waals surface area (Å²) in [4.78, 5) is 0. The molecule has 1 rings (SSSR count). The van der Waals surface area contributed by atoms with Crippen LogP contribution >= 0.6 is 46.4 Å². The Morgan fingerprint density at radius 1 is 0.500 bits per heavy atom. The minimum Gasteiger partial charge on any atom is -0.0823 e. The van der Waals surface area contributed by atoms with Crippen LogP contribution in [0.5, 0.6) is 0 Å². The fraction of sp³-hybridized carbons (Fsp3) is 0.571. The van der Waals surface area contributed by atoms with Crippen molar-refractivity contribution in [3.8, 4) is 0 Å². The van der Waals surface area contributed by atoms with E-state index in [1.54, 1.807) is 0 Å². The van der Waals surface area contributed by atoms with Crippen molar-refractivity contribution in [3.63, 3.8) is 0 Å². The van der Waals surface area contributed by atoms with Crippen molar-refractivity contribution in [1.29, 1.82) is 0 Å². The molecule has 0 amide bonds. The van der Waals surface area contributed by atoms with E-state index in [9.17, 15) is 0 Å². The Labute approximate surface area is 130 Å². The van der Waals surface area contributed by atoms with E-state index in [1.807, 2.05) is 41.5 Å². The maximum atomic E-state index is 6.39. The predicted octanol–water partition coefficient (Wildman–Crippen LogP) is 6.90. The van der Waals surface area contributed by atoms with Gasteiger partial charge >= 0.3 is 0 Å². The molecule has 0 aliphatic carbocycles. The topological polar surface area (TPSA) is 0 Å². The van der Waals surface area contributed by atoms with E-state index in [0.717, 1.165) is 11.1 Å². The molecule has 0 aliphatic heterocycles. The molecule has 0 heterocycles. The summed E-state index contributed by atoms with van der Waals surface area (Å²) in [6.07, 6.45) is 0. The van der Waals surface area contributed by atoms with Gasteiger partial charge in [0.1, 0.15) is 0 Å². The summed E-state index contributed by atoms with van der Waals surface area (Å²) in [6.45, 7) is 12.2. The van der Waals surface area contributed by atoms with E-state index in [1.165, 1.54) is 0 Å². The fourth-order valence-electron chi connectivity index (χ4n) is 1.95. The van der Waals surface area contributed by atoms with Crippen LogP contribution in [0.2, 0.25) is 20.1 Å². The van der Waals surface area contributed by atoms with Crippen LogP contribution in [0.4, 0.5) is 0 Å². The first-order valence-corrected chi connectivity index (χ1v) is 7.27. The molecule has 0 N–H and O–H groups in total. The lowest BCUT2D eigenvalue weighted by Crippen LogP contribution is -2.18. The Morgan fingerprint density at radius 3 is 0.778 bits per heavy atom. The second-order valence-corrected chi connectivity index (χ2v) is 8.02. The molecule has 18 heavy (non-hydrogen) atoms. The van der Waals surface area contributed by atoms with Gasteiger partial charge in [0.05, 0.1) is 20.1 Å². The second-order valence-electron chi connectivity index (χ2n) is 6.51. The van der Waals surface area contributed by atoms with Crippen LogP contribution in [-0.4, -0.2) is 0 Å². The van der Waals surface area contributed by atoms with E-state index >= 15 is 0 Å². The summed E-state index contributed by atoms with van der Waals surface area (Å²) >= 11 is 25.6. The van der Waals surface area contributed by atoms with Crippen molar-refractivity contribution in [2.75, 3.05) is 0 Å². The van der Waals surface area contributed by atoms with Crippen molar-refractivity contribution < 1.29 is 0 Å². The molecule has 0 atom stereocenters. The normalized spacial score (nSPS) is 13.0. The van der Waals surface area contributed by atoms with Crippen molar-refractivity contribution in [3.05, 3.63) is 31.2 Å². The van der Waals surface area contributed by atoms with E-state index in [-0.39, 0.29) is 10.8 Å². The maximum Gasteiger partial charge on any atom is 0.0648 e. The van der Waals surface area contributed by atoms with Crippen LogP contribution in [0, 0.1) is 0 Å². The average molecular weight is 328 g/mol. The molecule has 1 aromatic rings. The third-order valence-corrected chi connectivity index (χ3v) is 4.47. The van der Waals surface area contributed by atoms with E-state index < -0.39 is 0 Å². The first kappa shape index (κ1) is 16.4. The molecule has 0 saturated carbocycles. The standard InChI is InChI=1S/C14H18Cl4/c1-13(2,3)7-9(15)11(17)8(14(4,5)6)12(18)10(7)16/h1-6H3. The quantitative estimate of drug-likeness (QED) is 0.455. The van der Waals surface area contributed by atoms with E-state index in [2.05, 4.69) is 0 Å². The molecule has 1 aromatic carbocycles. The number of benzene rings is 1. The summed E-state index contributed by atoms with van der Waals surface area (Å²) in [5, 5.41) is 2.01. The Balaban J connectivity index is 3.79. The second kappa shape index (κ2) is 5.05. The van der Waals surface area contributed by atoms with Gasteiger partial charge in [-0.25, -0.2) is 0 Å². The van der Waals surface area contributed by atoms with Gasteiger partial charge < -0.3 is 0 Å². The first-order chi connectivity index (χ1) is 7.89. The zero-order chi connectivity index (χ0) is 14.5. The maximum absolute atomic E-state index is 6.39. The molecule has 0 spiro atoms. The molecule has 102 valence electrons. The van der Waals surface area contributed by atoms with Gasteiger partial charge in [-0.3, -0.25) is 0 Å². The fourth-order valence-corrected chi connectivity index (χ4v) is 3.94. The molecule has 0 radical (unpaired) electrons. The molecule has 0 nitrogen and oxygen atoms in total. The van der Waals surface area contributed by atoms with Crippen LogP contribution in [0.15, 0.2) is 0 Å². The monoisotopic (exact) mass is 326 g/mol. The minimum absolute atomic E-state index is 0.210. The van der Waals surface area contributed by atoms with Crippen LogP contribution < -0.4 is 0 Å². The first-order valence-electron chi connectivity index (χ1n) is 5.76. The molecular formula is C14H18Cl4. The Kier molecular flexibility index (Phi) is 4.61. The smallest absolute Gasteiger partial charge is 0.0648 e. The number of rotatable bonds is 0. The van der Waals surface area contributed by atoms with Crippen LogP contribution in [0.3, 0.4) is 0 Å². The molecule has 0 aromatic heterocycles. The van der Waals surface area contributed by atoms with Gasteiger partial charge in [0.2, 0.25) is 0 Å². The van der Waals surface area contributed by atoms with Gasteiger partial charge in [0.15, 0.2) is 0 Å². The van der Waals surface area contributed by atoms with Crippen LogP contribution in [0.25, 0.3) is 0 Å². The van der Waals surface area contributed by atoms with Crippen molar-refractivity contribution >= 4 is 46.4 Å². The average Bonchev–Trinajstić information content (AvgIpc) is 2.10. The molecule has 0 saturated heterocycles. The number of halogens is 4. The molecule has 0 fully saturated rings. The summed E-state index contributed by atoms with van der Waals surface area (Å²) < 4.78 is 0. The zero-order valence-electron chi connectivity index (χ0n) is 11.5. The lowest BCUT2D eigenvalue weighted by molar-refractivity contribution is 0.577. The highest BCUT2D eigenvalue weighted by Crippen LogP contribution is 2.49. The van der Waals surface area contributed by atoms with Gasteiger partial charge in [-0.15, -0.1) is 0 Å². The predicted molar refractivity (Wildman–Crippen MR) is 83.9 cm³/mol.